The van der Waals surface area contributed by atoms with E-state index in [0.717, 1.165) is 31.2 Å². The summed E-state index contributed by atoms with van der Waals surface area (Å²) in [4.78, 5) is 11.8. The van der Waals surface area contributed by atoms with Gasteiger partial charge in [0, 0.05) is 17.3 Å². The van der Waals surface area contributed by atoms with Gasteiger partial charge in [-0.1, -0.05) is 12.1 Å². The largest absolute Gasteiger partial charge is 0.481 e. The Bertz CT molecular complexity index is 660. The van der Waals surface area contributed by atoms with Crippen molar-refractivity contribution in [3.8, 4) is 0 Å². The molecule has 0 atom stereocenters. The topological polar surface area (TPSA) is 55.8 Å². The highest BCUT2D eigenvalue weighted by Crippen LogP contribution is 2.68. The van der Waals surface area contributed by atoms with Gasteiger partial charge in [0.2, 0.25) is 0 Å². The lowest BCUT2D eigenvalue weighted by Crippen LogP contribution is -2.66. The molecule has 1 heterocycles. The molecular weight excluding hydrogens is 323 g/mol. The van der Waals surface area contributed by atoms with Crippen LogP contribution in [0.1, 0.15) is 37.7 Å². The van der Waals surface area contributed by atoms with Gasteiger partial charge in [-0.2, -0.15) is 0 Å². The molecule has 4 nitrogen and oxygen atoms in total. The molecule has 5 heteroatoms. The number of rotatable bonds is 3. The van der Waals surface area contributed by atoms with Crippen LogP contribution in [-0.2, 0) is 19.7 Å². The lowest BCUT2D eigenvalue weighted by Gasteiger charge is -2.65. The second kappa shape index (κ2) is 5.27. The summed E-state index contributed by atoms with van der Waals surface area (Å²) in [5, 5.41) is 9.66. The summed E-state index contributed by atoms with van der Waals surface area (Å²) >= 11 is 0. The Hall–Kier alpha value is -1.46. The summed E-state index contributed by atoms with van der Waals surface area (Å²) in [6, 6.07) is 6.54. The number of halogens is 1. The summed E-state index contributed by atoms with van der Waals surface area (Å²) < 4.78 is 25.7. The molecule has 0 aromatic heterocycles. The molecule has 5 fully saturated rings. The average molecular weight is 346 g/mol. The van der Waals surface area contributed by atoms with E-state index in [1.807, 2.05) is 0 Å². The maximum atomic E-state index is 13.5. The Labute approximate surface area is 146 Å². The van der Waals surface area contributed by atoms with Crippen LogP contribution in [0.5, 0.6) is 0 Å². The number of aliphatic carboxylic acids is 1. The van der Waals surface area contributed by atoms with Crippen LogP contribution in [0, 0.1) is 29.5 Å². The van der Waals surface area contributed by atoms with Crippen LogP contribution in [-0.4, -0.2) is 30.1 Å². The molecule has 1 aliphatic heterocycles. The quantitative estimate of drug-likeness (QED) is 0.912. The van der Waals surface area contributed by atoms with Gasteiger partial charge in [0.05, 0.1) is 19.6 Å². The van der Waals surface area contributed by atoms with E-state index in [0.29, 0.717) is 36.9 Å². The molecular formula is C20H23FO4. The van der Waals surface area contributed by atoms with Gasteiger partial charge in [-0.15, -0.1) is 0 Å². The first-order chi connectivity index (χ1) is 12.0. The van der Waals surface area contributed by atoms with Crippen molar-refractivity contribution in [3.63, 3.8) is 0 Å². The summed E-state index contributed by atoms with van der Waals surface area (Å²) in [5.41, 5.74) is 0.611. The molecule has 0 unspecified atom stereocenters. The molecule has 5 aliphatic rings. The van der Waals surface area contributed by atoms with Crippen molar-refractivity contribution in [2.24, 2.45) is 23.7 Å². The summed E-state index contributed by atoms with van der Waals surface area (Å²) in [6.45, 7) is 1.33. The first-order valence-electron chi connectivity index (χ1n) is 9.30. The molecule has 25 heavy (non-hydrogen) atoms. The molecule has 134 valence electrons. The number of hydrogen-bond acceptors (Lipinski definition) is 3. The van der Waals surface area contributed by atoms with E-state index < -0.39 is 11.8 Å². The van der Waals surface area contributed by atoms with E-state index in [2.05, 4.69) is 0 Å². The van der Waals surface area contributed by atoms with Crippen LogP contribution >= 0.6 is 0 Å². The second-order valence-corrected chi connectivity index (χ2v) is 8.27. The van der Waals surface area contributed by atoms with E-state index >= 15 is 0 Å². The minimum Gasteiger partial charge on any atom is -0.481 e. The summed E-state index contributed by atoms with van der Waals surface area (Å²) in [6.07, 6.45) is 3.90. The summed E-state index contributed by atoms with van der Waals surface area (Å²) in [7, 11) is 0. The van der Waals surface area contributed by atoms with Crippen LogP contribution in [0.25, 0.3) is 0 Å². The zero-order chi connectivity index (χ0) is 17.2. The molecule has 4 aliphatic carbocycles. The molecule has 6 rings (SSSR count). The van der Waals surface area contributed by atoms with Crippen LogP contribution in [0.15, 0.2) is 24.3 Å². The van der Waals surface area contributed by atoms with Crippen LogP contribution in [0.3, 0.4) is 0 Å². The number of hydrogen-bond donors (Lipinski definition) is 1. The summed E-state index contributed by atoms with van der Waals surface area (Å²) in [5.74, 6) is -0.125. The predicted octanol–water partition coefficient (Wildman–Crippen LogP) is 3.35. The third-order valence-corrected chi connectivity index (χ3v) is 7.44. The monoisotopic (exact) mass is 346 g/mol. The van der Waals surface area contributed by atoms with E-state index in [4.69, 9.17) is 9.47 Å². The van der Waals surface area contributed by atoms with Crippen LogP contribution in [0.2, 0.25) is 0 Å². The lowest BCUT2D eigenvalue weighted by molar-refractivity contribution is -0.301. The minimum atomic E-state index is -0.764. The van der Waals surface area contributed by atoms with Gasteiger partial charge in [-0.25, -0.2) is 4.39 Å². The average Bonchev–Trinajstić information content (AvgIpc) is 3.03. The van der Waals surface area contributed by atoms with E-state index in [1.165, 1.54) is 12.1 Å². The molecule has 1 spiro atoms. The normalized spacial score (nSPS) is 40.7. The Morgan fingerprint density at radius 1 is 1.00 bits per heavy atom. The third-order valence-electron chi connectivity index (χ3n) is 7.44. The number of benzene rings is 1. The molecule has 1 saturated heterocycles. The minimum absolute atomic E-state index is 0.127. The smallest absolute Gasteiger partial charge is 0.304 e. The molecule has 0 radical (unpaired) electrons. The van der Waals surface area contributed by atoms with Crippen molar-refractivity contribution in [1.29, 1.82) is 0 Å². The fourth-order valence-corrected chi connectivity index (χ4v) is 6.71. The van der Waals surface area contributed by atoms with Gasteiger partial charge in [0.15, 0.2) is 5.79 Å². The molecule has 1 aromatic carbocycles. The van der Waals surface area contributed by atoms with Crippen LogP contribution < -0.4 is 0 Å². The number of ether oxygens (including phenoxy) is 2. The Balaban J connectivity index is 1.56. The zero-order valence-electron chi connectivity index (χ0n) is 14.1. The zero-order valence-corrected chi connectivity index (χ0v) is 14.1. The Morgan fingerprint density at radius 2 is 1.52 bits per heavy atom. The highest BCUT2D eigenvalue weighted by atomic mass is 19.1. The number of carbonyl (C=O) groups is 1. The van der Waals surface area contributed by atoms with E-state index in [-0.39, 0.29) is 17.7 Å². The molecule has 4 bridgehead atoms. The van der Waals surface area contributed by atoms with Gasteiger partial charge in [0.1, 0.15) is 5.82 Å². The first kappa shape index (κ1) is 15.8. The van der Waals surface area contributed by atoms with Crippen LogP contribution in [0.4, 0.5) is 4.39 Å². The van der Waals surface area contributed by atoms with Crippen molar-refractivity contribution in [2.75, 3.05) is 13.2 Å². The molecule has 1 aromatic rings. The van der Waals surface area contributed by atoms with Gasteiger partial charge in [-0.05, 0) is 55.2 Å². The van der Waals surface area contributed by atoms with Gasteiger partial charge >= 0.3 is 5.97 Å². The van der Waals surface area contributed by atoms with E-state index in [9.17, 15) is 14.3 Å². The third kappa shape index (κ3) is 2.02. The van der Waals surface area contributed by atoms with Crippen molar-refractivity contribution >= 4 is 5.97 Å². The maximum Gasteiger partial charge on any atom is 0.304 e. The maximum absolute atomic E-state index is 13.5. The number of carboxylic acid groups (broad SMARTS) is 1. The highest BCUT2D eigenvalue weighted by Gasteiger charge is 2.68. The second-order valence-electron chi connectivity index (χ2n) is 8.27. The van der Waals surface area contributed by atoms with Crippen molar-refractivity contribution in [3.05, 3.63) is 35.6 Å². The van der Waals surface area contributed by atoms with E-state index in [1.54, 1.807) is 12.1 Å². The standard InChI is InChI=1S/C20H23FO4/c21-17-3-1-12(2-4-17)19(11-18(22)23)13-7-15-9-14(19)10-16(8-13)20(15)24-5-6-25-20/h1-4,13-16H,5-11H2,(H,22,23). The molecule has 0 amide bonds. The van der Waals surface area contributed by atoms with Crippen molar-refractivity contribution in [1.82, 2.24) is 0 Å². The number of carboxylic acids is 1. The fraction of sp³-hybridized carbons (Fsp3) is 0.650. The van der Waals surface area contributed by atoms with Gasteiger partial charge < -0.3 is 14.6 Å². The van der Waals surface area contributed by atoms with Crippen molar-refractivity contribution in [2.45, 2.75) is 43.3 Å². The fourth-order valence-electron chi connectivity index (χ4n) is 6.71. The first-order valence-corrected chi connectivity index (χ1v) is 9.30. The Morgan fingerprint density at radius 3 is 2.00 bits per heavy atom. The van der Waals surface area contributed by atoms with Gasteiger partial charge in [-0.3, -0.25) is 4.79 Å². The molecule has 4 saturated carbocycles. The molecule has 1 N–H and O–H groups in total. The SMILES string of the molecule is O=C(O)CC1(c2ccc(F)cc2)C2CC3CC1CC(C2)C31OCCO1. The lowest BCUT2D eigenvalue weighted by atomic mass is 9.41. The highest BCUT2D eigenvalue weighted by molar-refractivity contribution is 5.69. The van der Waals surface area contributed by atoms with Gasteiger partial charge in [0.25, 0.3) is 0 Å². The van der Waals surface area contributed by atoms with Crippen molar-refractivity contribution < 1.29 is 23.8 Å². The predicted molar refractivity (Wildman–Crippen MR) is 87.4 cm³/mol. The Kier molecular flexibility index (Phi) is 3.32.